The van der Waals surface area contributed by atoms with E-state index in [9.17, 15) is 9.59 Å². The van der Waals surface area contributed by atoms with E-state index < -0.39 is 0 Å². The summed E-state index contributed by atoms with van der Waals surface area (Å²) in [5.41, 5.74) is 7.52. The van der Waals surface area contributed by atoms with Crippen molar-refractivity contribution in [1.29, 1.82) is 0 Å². The number of aryl methyl sites for hydroxylation is 1. The molecule has 3 N–H and O–H groups in total. The first-order valence-corrected chi connectivity index (χ1v) is 8.81. The van der Waals surface area contributed by atoms with Crippen molar-refractivity contribution in [3.05, 3.63) is 23.8 Å². The lowest BCUT2D eigenvalue weighted by molar-refractivity contribution is -0.127. The molecule has 1 aromatic rings. The van der Waals surface area contributed by atoms with E-state index in [1.54, 1.807) is 12.0 Å². The van der Waals surface area contributed by atoms with Gasteiger partial charge in [-0.3, -0.25) is 9.59 Å². The molecule has 6 heteroatoms. The molecule has 6 nitrogen and oxygen atoms in total. The minimum absolute atomic E-state index is 0.0508. The zero-order valence-electron chi connectivity index (χ0n) is 15.5. The third-order valence-electron chi connectivity index (χ3n) is 4.51. The van der Waals surface area contributed by atoms with Crippen LogP contribution in [0.5, 0.6) is 5.75 Å². The van der Waals surface area contributed by atoms with Crippen molar-refractivity contribution < 1.29 is 14.3 Å². The van der Waals surface area contributed by atoms with Crippen LogP contribution in [0.3, 0.4) is 0 Å². The fourth-order valence-electron chi connectivity index (χ4n) is 3.23. The molecule has 1 fully saturated rings. The highest BCUT2D eigenvalue weighted by molar-refractivity contribution is 6.01. The van der Waals surface area contributed by atoms with Crippen molar-refractivity contribution in [2.75, 3.05) is 25.1 Å². The zero-order chi connectivity index (χ0) is 18.6. The first-order chi connectivity index (χ1) is 11.8. The molecular weight excluding hydrogens is 318 g/mol. The van der Waals surface area contributed by atoms with Crippen LogP contribution in [0.4, 0.5) is 5.69 Å². The average Bonchev–Trinajstić information content (AvgIpc) is 2.95. The van der Waals surface area contributed by atoms with Gasteiger partial charge in [0.2, 0.25) is 11.8 Å². The Balaban J connectivity index is 2.09. The molecule has 2 atom stereocenters. The van der Waals surface area contributed by atoms with Gasteiger partial charge in [0.15, 0.2) is 0 Å². The molecule has 138 valence electrons. The Kier molecular flexibility index (Phi) is 6.42. The predicted octanol–water partition coefficient (Wildman–Crippen LogP) is 1.85. The Morgan fingerprint density at radius 3 is 2.76 bits per heavy atom. The van der Waals surface area contributed by atoms with Crippen LogP contribution in [0.25, 0.3) is 0 Å². The van der Waals surface area contributed by atoms with Gasteiger partial charge in [0.05, 0.1) is 18.7 Å². The van der Waals surface area contributed by atoms with Crippen LogP contribution in [0.2, 0.25) is 0 Å². The van der Waals surface area contributed by atoms with Gasteiger partial charge in [0.1, 0.15) is 5.75 Å². The fraction of sp³-hybridized carbons (Fsp3) is 0.579. The quantitative estimate of drug-likeness (QED) is 0.788. The monoisotopic (exact) mass is 347 g/mol. The summed E-state index contributed by atoms with van der Waals surface area (Å²) in [6.07, 6.45) is 1.04. The molecule has 0 spiro atoms. The largest absolute Gasteiger partial charge is 0.495 e. The number of nitrogens with two attached hydrogens (primary N) is 1. The third kappa shape index (κ3) is 4.72. The van der Waals surface area contributed by atoms with E-state index in [4.69, 9.17) is 10.5 Å². The van der Waals surface area contributed by atoms with Gasteiger partial charge in [0, 0.05) is 25.6 Å². The Morgan fingerprint density at radius 1 is 1.44 bits per heavy atom. The molecule has 0 bridgehead atoms. The Hall–Kier alpha value is -2.08. The fourth-order valence-corrected chi connectivity index (χ4v) is 3.23. The second-order valence-corrected chi connectivity index (χ2v) is 7.15. The molecule has 2 rings (SSSR count). The average molecular weight is 347 g/mol. The van der Waals surface area contributed by atoms with Crippen LogP contribution in [-0.2, 0) is 9.59 Å². The molecule has 0 aromatic heterocycles. The van der Waals surface area contributed by atoms with Crippen molar-refractivity contribution in [3.63, 3.8) is 0 Å². The van der Waals surface area contributed by atoms with Crippen molar-refractivity contribution in [2.24, 2.45) is 17.6 Å². The second-order valence-electron chi connectivity index (χ2n) is 7.15. The first-order valence-electron chi connectivity index (χ1n) is 8.81. The van der Waals surface area contributed by atoms with Crippen LogP contribution in [0.1, 0.15) is 32.3 Å². The van der Waals surface area contributed by atoms with Gasteiger partial charge in [-0.05, 0) is 37.0 Å². The summed E-state index contributed by atoms with van der Waals surface area (Å²) in [6, 6.07) is 5.65. The lowest BCUT2D eigenvalue weighted by Gasteiger charge is -2.22. The van der Waals surface area contributed by atoms with E-state index in [-0.39, 0.29) is 30.2 Å². The highest BCUT2D eigenvalue weighted by atomic mass is 16.5. The number of nitrogens with one attached hydrogen (secondary N) is 1. The van der Waals surface area contributed by atoms with Gasteiger partial charge in [-0.25, -0.2) is 0 Å². The molecule has 25 heavy (non-hydrogen) atoms. The van der Waals surface area contributed by atoms with Crippen molar-refractivity contribution in [2.45, 2.75) is 39.7 Å². The summed E-state index contributed by atoms with van der Waals surface area (Å²) < 4.78 is 5.37. The maximum atomic E-state index is 12.6. The van der Waals surface area contributed by atoms with E-state index >= 15 is 0 Å². The standard InChI is InChI=1S/C19H29N3O3/c1-12(2)7-15(10-20)21-19(24)14-9-18(23)22(11-14)16-8-13(3)5-6-17(16)25-4/h5-6,8,12,14-15H,7,9-11,20H2,1-4H3,(H,21,24). The van der Waals surface area contributed by atoms with Crippen molar-refractivity contribution in [3.8, 4) is 5.75 Å². The number of amides is 2. The molecule has 1 aliphatic heterocycles. The molecule has 0 aliphatic carbocycles. The lowest BCUT2D eigenvalue weighted by atomic mass is 10.0. The molecule has 1 saturated heterocycles. The molecule has 0 saturated carbocycles. The van der Waals surface area contributed by atoms with Gasteiger partial charge in [0.25, 0.3) is 0 Å². The topological polar surface area (TPSA) is 84.7 Å². The van der Waals surface area contributed by atoms with Crippen LogP contribution in [-0.4, -0.2) is 38.1 Å². The minimum Gasteiger partial charge on any atom is -0.495 e. The number of anilines is 1. The molecule has 2 unspecified atom stereocenters. The van der Waals surface area contributed by atoms with Gasteiger partial charge >= 0.3 is 0 Å². The summed E-state index contributed by atoms with van der Waals surface area (Å²) >= 11 is 0. The Labute approximate surface area is 149 Å². The van der Waals surface area contributed by atoms with Gasteiger partial charge in [-0.15, -0.1) is 0 Å². The minimum atomic E-state index is -0.362. The second kappa shape index (κ2) is 8.34. The van der Waals surface area contributed by atoms with E-state index in [1.807, 2.05) is 25.1 Å². The number of hydrogen-bond donors (Lipinski definition) is 2. The summed E-state index contributed by atoms with van der Waals surface area (Å²) in [5, 5.41) is 3.00. The summed E-state index contributed by atoms with van der Waals surface area (Å²) in [7, 11) is 1.58. The number of nitrogens with zero attached hydrogens (tertiary/aromatic N) is 1. The number of hydrogen-bond acceptors (Lipinski definition) is 4. The molecule has 1 aliphatic rings. The van der Waals surface area contributed by atoms with Gasteiger partial charge in [-0.1, -0.05) is 19.9 Å². The Bertz CT molecular complexity index is 630. The highest BCUT2D eigenvalue weighted by Crippen LogP contribution is 2.34. The summed E-state index contributed by atoms with van der Waals surface area (Å²) in [6.45, 7) is 6.92. The molecule has 0 radical (unpaired) electrons. The number of benzene rings is 1. The first kappa shape index (κ1) is 19.2. The predicted molar refractivity (Wildman–Crippen MR) is 98.6 cm³/mol. The zero-order valence-corrected chi connectivity index (χ0v) is 15.5. The molecule has 1 aromatic carbocycles. The number of methoxy groups -OCH3 is 1. The van der Waals surface area contributed by atoms with E-state index in [0.29, 0.717) is 24.8 Å². The third-order valence-corrected chi connectivity index (χ3v) is 4.51. The molecular formula is C19H29N3O3. The molecule has 2 amide bonds. The Morgan fingerprint density at radius 2 is 2.16 bits per heavy atom. The lowest BCUT2D eigenvalue weighted by Crippen LogP contribution is -2.44. The smallest absolute Gasteiger partial charge is 0.227 e. The summed E-state index contributed by atoms with van der Waals surface area (Å²) in [5.74, 6) is 0.571. The van der Waals surface area contributed by atoms with Crippen LogP contribution < -0.4 is 20.7 Å². The number of carbonyl (C=O) groups is 2. The van der Waals surface area contributed by atoms with Crippen LogP contribution in [0, 0.1) is 18.8 Å². The van der Waals surface area contributed by atoms with Gasteiger partial charge < -0.3 is 20.7 Å². The maximum absolute atomic E-state index is 12.6. The van der Waals surface area contributed by atoms with Crippen molar-refractivity contribution in [1.82, 2.24) is 5.32 Å². The normalized spacial score (nSPS) is 18.6. The highest BCUT2D eigenvalue weighted by Gasteiger charge is 2.36. The molecule has 1 heterocycles. The number of rotatable bonds is 7. The van der Waals surface area contributed by atoms with Crippen molar-refractivity contribution >= 4 is 17.5 Å². The SMILES string of the molecule is COc1ccc(C)cc1N1CC(C(=O)NC(CN)CC(C)C)CC1=O. The number of ether oxygens (including phenoxy) is 1. The number of carbonyl (C=O) groups excluding carboxylic acids is 2. The van der Waals surface area contributed by atoms with Gasteiger partial charge in [-0.2, -0.15) is 0 Å². The van der Waals surface area contributed by atoms with E-state index in [1.165, 1.54) is 0 Å². The van der Waals surface area contributed by atoms with E-state index in [0.717, 1.165) is 17.7 Å². The van der Waals surface area contributed by atoms with Crippen LogP contribution in [0.15, 0.2) is 18.2 Å². The van der Waals surface area contributed by atoms with E-state index in [2.05, 4.69) is 19.2 Å². The summed E-state index contributed by atoms with van der Waals surface area (Å²) in [4.78, 5) is 26.7. The van der Waals surface area contributed by atoms with Crippen LogP contribution >= 0.6 is 0 Å². The maximum Gasteiger partial charge on any atom is 0.227 e.